The minimum atomic E-state index is 0.0653. The predicted molar refractivity (Wildman–Crippen MR) is 101 cm³/mol. The van der Waals surface area contributed by atoms with Gasteiger partial charge in [-0.25, -0.2) is 4.98 Å². The van der Waals surface area contributed by atoms with Crippen LogP contribution in [0.25, 0.3) is 11.0 Å². The Morgan fingerprint density at radius 1 is 1.20 bits per heavy atom. The molecule has 3 aromatic rings. The minimum Gasteiger partial charge on any atom is -0.324 e. The number of aromatic nitrogens is 2. The molecule has 1 amide bonds. The van der Waals surface area contributed by atoms with Gasteiger partial charge in [0.25, 0.3) is 0 Å². The van der Waals surface area contributed by atoms with Crippen LogP contribution < -0.4 is 4.90 Å². The Morgan fingerprint density at radius 2 is 1.96 bits per heavy atom. The smallest absolute Gasteiger partial charge is 0.227 e. The number of carbonyl (C=O) groups excluding carboxylic acids is 1. The molecule has 0 bridgehead atoms. The number of allylic oxidation sites excluding steroid dienone is 1. The highest BCUT2D eigenvalue weighted by Crippen LogP contribution is 2.33. The van der Waals surface area contributed by atoms with Crippen molar-refractivity contribution in [3.63, 3.8) is 0 Å². The summed E-state index contributed by atoms with van der Waals surface area (Å²) >= 11 is 5.95. The summed E-state index contributed by atoms with van der Waals surface area (Å²) < 4.78 is 2.16. The van der Waals surface area contributed by atoms with Crippen molar-refractivity contribution < 1.29 is 4.79 Å². The van der Waals surface area contributed by atoms with Crippen LogP contribution in [0.15, 0.2) is 61.2 Å². The van der Waals surface area contributed by atoms with Crippen LogP contribution in [0.5, 0.6) is 0 Å². The lowest BCUT2D eigenvalue weighted by molar-refractivity contribution is -0.117. The molecule has 1 aliphatic heterocycles. The molecule has 0 unspecified atom stereocenters. The van der Waals surface area contributed by atoms with E-state index in [1.54, 1.807) is 0 Å². The third kappa shape index (κ3) is 2.83. The molecule has 0 radical (unpaired) electrons. The normalized spacial score (nSPS) is 17.4. The van der Waals surface area contributed by atoms with Gasteiger partial charge < -0.3 is 9.47 Å². The predicted octanol–water partition coefficient (Wildman–Crippen LogP) is 4.40. The quantitative estimate of drug-likeness (QED) is 0.653. The molecule has 1 fully saturated rings. The van der Waals surface area contributed by atoms with Crippen LogP contribution in [0, 0.1) is 0 Å². The van der Waals surface area contributed by atoms with Crippen molar-refractivity contribution >= 4 is 34.2 Å². The highest BCUT2D eigenvalue weighted by atomic mass is 35.5. The fourth-order valence-corrected chi connectivity index (χ4v) is 3.60. The molecule has 0 saturated carbocycles. The van der Waals surface area contributed by atoms with Gasteiger partial charge in [-0.15, -0.1) is 6.58 Å². The maximum Gasteiger partial charge on any atom is 0.227 e. The maximum absolute atomic E-state index is 12.6. The number of fused-ring (bicyclic) bond motifs is 1. The molecule has 4 nitrogen and oxygen atoms in total. The van der Waals surface area contributed by atoms with Crippen molar-refractivity contribution in [2.24, 2.45) is 0 Å². The molecule has 1 saturated heterocycles. The minimum absolute atomic E-state index is 0.0653. The first-order valence-corrected chi connectivity index (χ1v) is 8.67. The second kappa shape index (κ2) is 6.37. The summed E-state index contributed by atoms with van der Waals surface area (Å²) in [5, 5.41) is 0.666. The van der Waals surface area contributed by atoms with E-state index in [1.807, 2.05) is 53.4 Å². The summed E-state index contributed by atoms with van der Waals surface area (Å²) in [5.74, 6) is 1.13. The summed E-state index contributed by atoms with van der Waals surface area (Å²) in [4.78, 5) is 19.2. The van der Waals surface area contributed by atoms with Gasteiger partial charge in [0.15, 0.2) is 0 Å². The van der Waals surface area contributed by atoms with Crippen molar-refractivity contribution in [2.75, 3.05) is 11.4 Å². The van der Waals surface area contributed by atoms with E-state index in [0.717, 1.165) is 22.5 Å². The van der Waals surface area contributed by atoms with E-state index in [0.29, 0.717) is 24.5 Å². The van der Waals surface area contributed by atoms with Crippen molar-refractivity contribution in [1.29, 1.82) is 0 Å². The van der Waals surface area contributed by atoms with Crippen LogP contribution in [0.2, 0.25) is 5.02 Å². The molecule has 0 aliphatic carbocycles. The molecular formula is C20H18ClN3O. The molecular weight excluding hydrogens is 334 g/mol. The van der Waals surface area contributed by atoms with Gasteiger partial charge >= 0.3 is 0 Å². The molecule has 2 heterocycles. The summed E-state index contributed by atoms with van der Waals surface area (Å²) in [7, 11) is 0. The van der Waals surface area contributed by atoms with E-state index >= 15 is 0 Å². The van der Waals surface area contributed by atoms with E-state index in [2.05, 4.69) is 17.2 Å². The Balaban J connectivity index is 1.70. The number of hydrogen-bond donors (Lipinski definition) is 0. The number of nitrogens with zero attached hydrogens (tertiary/aromatic N) is 3. The zero-order valence-electron chi connectivity index (χ0n) is 13.7. The first-order valence-electron chi connectivity index (χ1n) is 8.29. The lowest BCUT2D eigenvalue weighted by atomic mass is 10.1. The number of para-hydroxylation sites is 2. The second-order valence-electron chi connectivity index (χ2n) is 6.24. The monoisotopic (exact) mass is 351 g/mol. The van der Waals surface area contributed by atoms with Crippen molar-refractivity contribution in [1.82, 2.24) is 9.55 Å². The van der Waals surface area contributed by atoms with Gasteiger partial charge in [0, 0.05) is 36.1 Å². The highest BCUT2D eigenvalue weighted by Gasteiger charge is 2.34. The van der Waals surface area contributed by atoms with E-state index in [4.69, 9.17) is 16.6 Å². The summed E-state index contributed by atoms with van der Waals surface area (Å²) in [6.45, 7) is 5.17. The Kier molecular flexibility index (Phi) is 4.06. The number of rotatable bonds is 4. The van der Waals surface area contributed by atoms with Crippen LogP contribution in [0.3, 0.4) is 0 Å². The van der Waals surface area contributed by atoms with Gasteiger partial charge in [0.1, 0.15) is 5.82 Å². The SMILES string of the molecule is C=CCn1c([C@H]2CC(=O)N(c3ccc(Cl)cc3)C2)nc2ccccc21. The first kappa shape index (κ1) is 15.9. The highest BCUT2D eigenvalue weighted by molar-refractivity contribution is 6.30. The van der Waals surface area contributed by atoms with Crippen molar-refractivity contribution in [3.8, 4) is 0 Å². The van der Waals surface area contributed by atoms with Gasteiger partial charge in [-0.05, 0) is 36.4 Å². The molecule has 1 atom stereocenters. The molecule has 0 N–H and O–H groups in total. The van der Waals surface area contributed by atoms with Crippen LogP contribution in [0.4, 0.5) is 5.69 Å². The topological polar surface area (TPSA) is 38.1 Å². The molecule has 126 valence electrons. The Labute approximate surface area is 151 Å². The number of benzene rings is 2. The second-order valence-corrected chi connectivity index (χ2v) is 6.68. The molecule has 0 spiro atoms. The maximum atomic E-state index is 12.6. The van der Waals surface area contributed by atoms with Crippen molar-refractivity contribution in [3.05, 3.63) is 72.0 Å². The molecule has 5 heteroatoms. The zero-order chi connectivity index (χ0) is 17.4. The van der Waals surface area contributed by atoms with Gasteiger partial charge in [0.05, 0.1) is 11.0 Å². The number of anilines is 1. The molecule has 2 aromatic carbocycles. The average molecular weight is 352 g/mol. The number of amides is 1. The summed E-state index contributed by atoms with van der Waals surface area (Å²) in [5.41, 5.74) is 2.91. The Morgan fingerprint density at radius 3 is 2.72 bits per heavy atom. The van der Waals surface area contributed by atoms with E-state index < -0.39 is 0 Å². The lowest BCUT2D eigenvalue weighted by Gasteiger charge is -2.17. The number of hydrogen-bond acceptors (Lipinski definition) is 2. The zero-order valence-corrected chi connectivity index (χ0v) is 14.5. The van der Waals surface area contributed by atoms with Crippen LogP contribution in [-0.2, 0) is 11.3 Å². The van der Waals surface area contributed by atoms with Gasteiger partial charge in [0.2, 0.25) is 5.91 Å². The van der Waals surface area contributed by atoms with Crippen molar-refractivity contribution in [2.45, 2.75) is 18.9 Å². The fourth-order valence-electron chi connectivity index (χ4n) is 3.48. The van der Waals surface area contributed by atoms with Gasteiger partial charge in [-0.1, -0.05) is 29.8 Å². The van der Waals surface area contributed by atoms with Crippen LogP contribution >= 0.6 is 11.6 Å². The van der Waals surface area contributed by atoms with Crippen LogP contribution in [0.1, 0.15) is 18.2 Å². The third-order valence-electron chi connectivity index (χ3n) is 4.62. The third-order valence-corrected chi connectivity index (χ3v) is 4.88. The lowest BCUT2D eigenvalue weighted by Crippen LogP contribution is -2.24. The average Bonchev–Trinajstić information content (AvgIpc) is 3.17. The van der Waals surface area contributed by atoms with E-state index in [9.17, 15) is 4.79 Å². The number of halogens is 1. The standard InChI is InChI=1S/C20H18ClN3O/c1-2-11-23-18-6-4-3-5-17(18)22-20(23)14-12-19(25)24(13-14)16-9-7-15(21)8-10-16/h2-10,14H,1,11-13H2/t14-/m0/s1. The largest absolute Gasteiger partial charge is 0.324 e. The van der Waals surface area contributed by atoms with Gasteiger partial charge in [-0.3, -0.25) is 4.79 Å². The van der Waals surface area contributed by atoms with Gasteiger partial charge in [-0.2, -0.15) is 0 Å². The summed E-state index contributed by atoms with van der Waals surface area (Å²) in [6.07, 6.45) is 2.33. The summed E-state index contributed by atoms with van der Waals surface area (Å²) in [6, 6.07) is 15.4. The Bertz CT molecular complexity index is 945. The van der Waals surface area contributed by atoms with Crippen LogP contribution in [-0.4, -0.2) is 22.0 Å². The van der Waals surface area contributed by atoms with E-state index in [-0.39, 0.29) is 11.8 Å². The molecule has 25 heavy (non-hydrogen) atoms. The fraction of sp³-hybridized carbons (Fsp3) is 0.200. The molecule has 1 aliphatic rings. The molecule has 1 aromatic heterocycles. The first-order chi connectivity index (χ1) is 12.2. The molecule has 4 rings (SSSR count). The number of imidazole rings is 1. The number of carbonyl (C=O) groups is 1. The van der Waals surface area contributed by atoms with E-state index in [1.165, 1.54) is 0 Å². The Hall–Kier alpha value is -2.59.